The second kappa shape index (κ2) is 7.79. The Morgan fingerprint density at radius 3 is 3.00 bits per heavy atom. The first kappa shape index (κ1) is 18.6. The molecular weight excluding hydrogens is 396 g/mol. The lowest BCUT2D eigenvalue weighted by Crippen LogP contribution is -2.34. The molecule has 0 spiro atoms. The van der Waals surface area contributed by atoms with Crippen LogP contribution in [0.2, 0.25) is 0 Å². The molecule has 30 heavy (non-hydrogen) atoms. The number of nitrogens with zero attached hydrogens (tertiary/aromatic N) is 3. The summed E-state index contributed by atoms with van der Waals surface area (Å²) in [5.41, 5.74) is 4.69. The number of fused-ring (bicyclic) bond motifs is 2. The Bertz CT molecular complexity index is 1240. The quantitative estimate of drug-likeness (QED) is 0.450. The van der Waals surface area contributed by atoms with Gasteiger partial charge in [-0.25, -0.2) is 9.78 Å². The van der Waals surface area contributed by atoms with Gasteiger partial charge in [0.15, 0.2) is 0 Å². The van der Waals surface area contributed by atoms with Crippen molar-refractivity contribution in [2.75, 3.05) is 11.1 Å². The van der Waals surface area contributed by atoms with Gasteiger partial charge in [-0.3, -0.25) is 15.4 Å². The molecule has 4 heterocycles. The Morgan fingerprint density at radius 2 is 2.10 bits per heavy atom. The van der Waals surface area contributed by atoms with Crippen molar-refractivity contribution in [3.05, 3.63) is 66.1 Å². The summed E-state index contributed by atoms with van der Waals surface area (Å²) in [6, 6.07) is 13.6. The lowest BCUT2D eigenvalue weighted by Gasteiger charge is -2.25. The van der Waals surface area contributed by atoms with Crippen LogP contribution < -0.4 is 10.6 Å². The first-order valence-electron chi connectivity index (χ1n) is 9.74. The first-order chi connectivity index (χ1) is 14.7. The van der Waals surface area contributed by atoms with Gasteiger partial charge in [0.05, 0.1) is 11.6 Å². The molecule has 0 saturated carbocycles. The maximum absolute atomic E-state index is 12.6. The summed E-state index contributed by atoms with van der Waals surface area (Å²) < 4.78 is 0. The smallest absolute Gasteiger partial charge is 0.320 e. The average molecular weight is 417 g/mol. The number of carbonyl (C=O) groups is 1. The fourth-order valence-electron chi connectivity index (χ4n) is 3.70. The van der Waals surface area contributed by atoms with Crippen LogP contribution >= 0.6 is 11.8 Å². The monoisotopic (exact) mass is 416 g/mol. The number of pyridine rings is 2. The molecule has 3 N–H and O–H groups in total. The number of carbonyl (C=O) groups excluding carboxylic acids is 1. The second-order valence-corrected chi connectivity index (χ2v) is 8.34. The molecule has 7 nitrogen and oxygen atoms in total. The van der Waals surface area contributed by atoms with Crippen LogP contribution in [0.3, 0.4) is 0 Å². The number of rotatable bonds is 3. The number of aryl methyl sites for hydroxylation is 1. The number of benzene rings is 1. The van der Waals surface area contributed by atoms with E-state index >= 15 is 0 Å². The molecular formula is C22H20N6OS. The summed E-state index contributed by atoms with van der Waals surface area (Å²) >= 11 is 1.83. The number of hydrogen-bond donors (Lipinski definition) is 3. The zero-order valence-electron chi connectivity index (χ0n) is 16.3. The molecule has 0 saturated heterocycles. The molecule has 1 atom stereocenters. The summed E-state index contributed by atoms with van der Waals surface area (Å²) in [6.07, 6.45) is 4.39. The standard InChI is InChI=1S/C22H20N6OS/c1-13-10-14(6-8-23-13)21-16-12-24-20(11-18(16)27-28-21)26-22(29)25-17-7-9-30-19-5-3-2-4-15(17)19/h2-6,8,10-12,17H,7,9H2,1H3,(H,27,28)(H2,24,25,26,29)/t17-/m1/s1. The molecule has 8 heteroatoms. The maximum atomic E-state index is 12.6. The minimum Gasteiger partial charge on any atom is -0.331 e. The minimum absolute atomic E-state index is 0.000122. The molecule has 150 valence electrons. The number of aromatic nitrogens is 4. The predicted octanol–water partition coefficient (Wildman–Crippen LogP) is 4.69. The SMILES string of the molecule is Cc1cc(-c2n[nH]c3cc(NC(=O)N[C@@H]4CCSc5ccccc54)ncc23)ccn1. The molecule has 0 fully saturated rings. The first-order valence-corrected chi connectivity index (χ1v) is 10.7. The maximum Gasteiger partial charge on any atom is 0.320 e. The van der Waals surface area contributed by atoms with E-state index in [4.69, 9.17) is 0 Å². The summed E-state index contributed by atoms with van der Waals surface area (Å²) in [5.74, 6) is 1.46. The Morgan fingerprint density at radius 1 is 1.20 bits per heavy atom. The third-order valence-corrected chi connectivity index (χ3v) is 6.25. The van der Waals surface area contributed by atoms with E-state index in [1.165, 1.54) is 4.90 Å². The van der Waals surface area contributed by atoms with Gasteiger partial charge in [-0.05, 0) is 37.1 Å². The fraction of sp³-hybridized carbons (Fsp3) is 0.182. The van der Waals surface area contributed by atoms with Crippen LogP contribution in [0, 0.1) is 6.92 Å². The number of anilines is 1. The minimum atomic E-state index is -0.266. The van der Waals surface area contributed by atoms with Gasteiger partial charge in [0.25, 0.3) is 0 Å². The third-order valence-electron chi connectivity index (χ3n) is 5.12. The van der Waals surface area contributed by atoms with Gasteiger partial charge >= 0.3 is 6.03 Å². The van der Waals surface area contributed by atoms with Crippen molar-refractivity contribution in [1.82, 2.24) is 25.5 Å². The van der Waals surface area contributed by atoms with E-state index in [0.29, 0.717) is 5.82 Å². The van der Waals surface area contributed by atoms with Crippen molar-refractivity contribution in [3.63, 3.8) is 0 Å². The van der Waals surface area contributed by atoms with Crippen LogP contribution in [0.4, 0.5) is 10.6 Å². The van der Waals surface area contributed by atoms with E-state index in [-0.39, 0.29) is 12.1 Å². The van der Waals surface area contributed by atoms with Crippen molar-refractivity contribution in [2.45, 2.75) is 24.3 Å². The highest BCUT2D eigenvalue weighted by atomic mass is 32.2. The molecule has 0 radical (unpaired) electrons. The molecule has 0 unspecified atom stereocenters. The second-order valence-electron chi connectivity index (χ2n) is 7.20. The number of aromatic amines is 1. The van der Waals surface area contributed by atoms with Crippen molar-refractivity contribution in [1.29, 1.82) is 0 Å². The average Bonchev–Trinajstić information content (AvgIpc) is 3.17. The summed E-state index contributed by atoms with van der Waals surface area (Å²) in [7, 11) is 0. The van der Waals surface area contributed by atoms with E-state index in [1.54, 1.807) is 18.5 Å². The number of hydrogen-bond acceptors (Lipinski definition) is 5. The lowest BCUT2D eigenvalue weighted by atomic mass is 10.0. The van der Waals surface area contributed by atoms with Crippen molar-refractivity contribution < 1.29 is 4.79 Å². The molecule has 0 bridgehead atoms. The van der Waals surface area contributed by atoms with Crippen LogP contribution in [-0.4, -0.2) is 31.9 Å². The zero-order chi connectivity index (χ0) is 20.5. The molecule has 1 aromatic carbocycles. The molecule has 0 aliphatic carbocycles. The van der Waals surface area contributed by atoms with Crippen LogP contribution in [0.25, 0.3) is 22.2 Å². The topological polar surface area (TPSA) is 95.6 Å². The molecule has 1 aliphatic rings. The summed E-state index contributed by atoms with van der Waals surface area (Å²) in [5, 5.41) is 14.3. The lowest BCUT2D eigenvalue weighted by molar-refractivity contribution is 0.248. The largest absolute Gasteiger partial charge is 0.331 e. The van der Waals surface area contributed by atoms with Gasteiger partial charge in [-0.15, -0.1) is 11.8 Å². The van der Waals surface area contributed by atoms with Crippen LogP contribution in [0.5, 0.6) is 0 Å². The number of amides is 2. The van der Waals surface area contributed by atoms with E-state index < -0.39 is 0 Å². The van der Waals surface area contributed by atoms with Gasteiger partial charge < -0.3 is 5.32 Å². The Balaban J connectivity index is 1.33. The molecule has 4 aromatic rings. The Labute approximate surface area is 177 Å². The predicted molar refractivity (Wildman–Crippen MR) is 119 cm³/mol. The van der Waals surface area contributed by atoms with E-state index in [1.807, 2.05) is 43.0 Å². The zero-order valence-corrected chi connectivity index (χ0v) is 17.2. The highest BCUT2D eigenvalue weighted by Crippen LogP contribution is 2.35. The van der Waals surface area contributed by atoms with E-state index in [9.17, 15) is 4.79 Å². The fourth-order valence-corrected chi connectivity index (χ4v) is 4.82. The molecule has 5 rings (SSSR count). The van der Waals surface area contributed by atoms with Crippen LogP contribution in [0.15, 0.2) is 59.8 Å². The van der Waals surface area contributed by atoms with Crippen molar-refractivity contribution in [3.8, 4) is 11.3 Å². The molecule has 3 aromatic heterocycles. The van der Waals surface area contributed by atoms with Gasteiger partial charge in [0.2, 0.25) is 0 Å². The van der Waals surface area contributed by atoms with Gasteiger partial charge in [-0.2, -0.15) is 5.10 Å². The van der Waals surface area contributed by atoms with Gasteiger partial charge in [0, 0.05) is 45.8 Å². The normalized spacial score (nSPS) is 15.6. The van der Waals surface area contributed by atoms with Gasteiger partial charge in [0.1, 0.15) is 11.5 Å². The third kappa shape index (κ3) is 3.61. The van der Waals surface area contributed by atoms with E-state index in [2.05, 4.69) is 42.9 Å². The number of nitrogens with one attached hydrogen (secondary N) is 3. The summed E-state index contributed by atoms with van der Waals surface area (Å²) in [6.45, 7) is 1.95. The molecule has 1 aliphatic heterocycles. The van der Waals surface area contributed by atoms with Crippen LogP contribution in [-0.2, 0) is 0 Å². The highest BCUT2D eigenvalue weighted by molar-refractivity contribution is 7.99. The number of urea groups is 1. The van der Waals surface area contributed by atoms with Crippen molar-refractivity contribution in [2.24, 2.45) is 0 Å². The Hall–Kier alpha value is -3.39. The Kier molecular flexibility index (Phi) is 4.84. The van der Waals surface area contributed by atoms with Crippen molar-refractivity contribution >= 4 is 34.5 Å². The highest BCUT2D eigenvalue weighted by Gasteiger charge is 2.22. The number of thioether (sulfide) groups is 1. The van der Waals surface area contributed by atoms with E-state index in [0.717, 1.165) is 45.6 Å². The molecule has 2 amide bonds. The van der Waals surface area contributed by atoms with Gasteiger partial charge in [-0.1, -0.05) is 18.2 Å². The number of H-pyrrole nitrogens is 1. The summed E-state index contributed by atoms with van der Waals surface area (Å²) in [4.78, 5) is 22.5. The van der Waals surface area contributed by atoms with Crippen LogP contribution in [0.1, 0.15) is 23.7 Å².